The van der Waals surface area contributed by atoms with Crippen LogP contribution in [0.25, 0.3) is 33.1 Å². The lowest BCUT2D eigenvalue weighted by Gasteiger charge is -2.25. The molecule has 134 valence electrons. The molecule has 4 aromatic rings. The number of benzene rings is 2. The van der Waals surface area contributed by atoms with Gasteiger partial charge in [0.05, 0.1) is 22.9 Å². The minimum Gasteiger partial charge on any atom is -0.488 e. The predicted molar refractivity (Wildman–Crippen MR) is 110 cm³/mol. The third-order valence-corrected chi connectivity index (χ3v) is 5.38. The van der Waals surface area contributed by atoms with Crippen molar-refractivity contribution in [2.45, 2.75) is 20.5 Å². The molecule has 2 aromatic carbocycles. The van der Waals surface area contributed by atoms with Crippen molar-refractivity contribution >= 4 is 27.5 Å². The van der Waals surface area contributed by atoms with E-state index in [4.69, 9.17) is 9.72 Å². The van der Waals surface area contributed by atoms with Crippen LogP contribution in [0, 0.1) is 0 Å². The normalized spacial score (nSPS) is 12.5. The molecule has 0 atom stereocenters. The Balaban J connectivity index is 1.68. The van der Waals surface area contributed by atoms with E-state index >= 15 is 0 Å². The minimum atomic E-state index is 0.545. The van der Waals surface area contributed by atoms with E-state index < -0.39 is 0 Å². The molecule has 0 aliphatic carbocycles. The molecule has 4 heteroatoms. The molecule has 2 aromatic heterocycles. The van der Waals surface area contributed by atoms with Crippen LogP contribution < -0.4 is 9.64 Å². The van der Waals surface area contributed by atoms with Crippen molar-refractivity contribution in [3.05, 3.63) is 60.3 Å². The first-order valence-corrected chi connectivity index (χ1v) is 9.48. The molecular formula is C23H21N3O. The van der Waals surface area contributed by atoms with Gasteiger partial charge in [0.15, 0.2) is 0 Å². The van der Waals surface area contributed by atoms with Gasteiger partial charge in [-0.2, -0.15) is 0 Å². The van der Waals surface area contributed by atoms with Gasteiger partial charge in [-0.25, -0.2) is 4.98 Å². The van der Waals surface area contributed by atoms with Crippen LogP contribution in [-0.4, -0.2) is 23.1 Å². The van der Waals surface area contributed by atoms with Gasteiger partial charge >= 0.3 is 0 Å². The third-order valence-electron chi connectivity index (χ3n) is 5.38. The second-order valence-corrected chi connectivity index (χ2v) is 6.85. The van der Waals surface area contributed by atoms with Crippen molar-refractivity contribution in [1.29, 1.82) is 0 Å². The monoisotopic (exact) mass is 355 g/mol. The molecule has 4 nitrogen and oxygen atoms in total. The molecule has 5 rings (SSSR count). The molecule has 0 bridgehead atoms. The molecule has 0 N–H and O–H groups in total. The molecule has 0 unspecified atom stereocenters. The fraction of sp³-hybridized carbons (Fsp3) is 0.217. The summed E-state index contributed by atoms with van der Waals surface area (Å²) < 4.78 is 6.11. The highest BCUT2D eigenvalue weighted by Gasteiger charge is 2.21. The lowest BCUT2D eigenvalue weighted by molar-refractivity contribution is 0.302. The zero-order valence-electron chi connectivity index (χ0n) is 15.6. The van der Waals surface area contributed by atoms with Crippen LogP contribution in [0.4, 0.5) is 5.69 Å². The largest absolute Gasteiger partial charge is 0.488 e. The topological polar surface area (TPSA) is 38.2 Å². The van der Waals surface area contributed by atoms with Crippen molar-refractivity contribution in [3.63, 3.8) is 0 Å². The number of para-hydroxylation sites is 1. The first-order valence-electron chi connectivity index (χ1n) is 9.48. The Morgan fingerprint density at radius 2 is 1.81 bits per heavy atom. The Kier molecular flexibility index (Phi) is 3.71. The molecule has 1 aliphatic heterocycles. The molecule has 0 saturated heterocycles. The van der Waals surface area contributed by atoms with Crippen molar-refractivity contribution < 1.29 is 4.74 Å². The van der Waals surface area contributed by atoms with E-state index in [1.165, 1.54) is 5.69 Å². The average molecular weight is 355 g/mol. The zero-order valence-corrected chi connectivity index (χ0v) is 15.6. The molecule has 0 fully saturated rings. The van der Waals surface area contributed by atoms with E-state index in [0.717, 1.165) is 57.5 Å². The molecule has 1 aliphatic rings. The van der Waals surface area contributed by atoms with Crippen LogP contribution in [0.5, 0.6) is 5.75 Å². The van der Waals surface area contributed by atoms with E-state index in [1.54, 1.807) is 0 Å². The summed E-state index contributed by atoms with van der Waals surface area (Å²) in [5.74, 6) is 0.910. The van der Waals surface area contributed by atoms with Crippen LogP contribution in [0.3, 0.4) is 0 Å². The molecule has 3 heterocycles. The highest BCUT2D eigenvalue weighted by molar-refractivity contribution is 6.05. The number of anilines is 1. The van der Waals surface area contributed by atoms with E-state index in [2.05, 4.69) is 54.1 Å². The van der Waals surface area contributed by atoms with Crippen LogP contribution in [0.1, 0.15) is 19.4 Å². The van der Waals surface area contributed by atoms with Crippen LogP contribution in [0.15, 0.2) is 54.7 Å². The van der Waals surface area contributed by atoms with E-state index in [-0.39, 0.29) is 0 Å². The number of pyridine rings is 2. The van der Waals surface area contributed by atoms with Gasteiger partial charge in [0.1, 0.15) is 12.4 Å². The average Bonchev–Trinajstić information content (AvgIpc) is 2.73. The van der Waals surface area contributed by atoms with Gasteiger partial charge in [0, 0.05) is 46.7 Å². The smallest absolute Gasteiger partial charge is 0.131 e. The molecule has 0 radical (unpaired) electrons. The summed E-state index contributed by atoms with van der Waals surface area (Å²) in [6.07, 6.45) is 1.87. The van der Waals surface area contributed by atoms with Crippen LogP contribution in [-0.2, 0) is 6.61 Å². The van der Waals surface area contributed by atoms with Gasteiger partial charge in [-0.1, -0.05) is 18.2 Å². The Morgan fingerprint density at radius 3 is 2.67 bits per heavy atom. The highest BCUT2D eigenvalue weighted by atomic mass is 16.5. The number of nitrogens with zero attached hydrogens (tertiary/aromatic N) is 3. The van der Waals surface area contributed by atoms with E-state index in [0.29, 0.717) is 6.61 Å². The lowest BCUT2D eigenvalue weighted by atomic mass is 9.99. The number of aromatic nitrogens is 2. The van der Waals surface area contributed by atoms with Gasteiger partial charge < -0.3 is 9.64 Å². The minimum absolute atomic E-state index is 0.545. The van der Waals surface area contributed by atoms with Gasteiger partial charge in [-0.15, -0.1) is 0 Å². The summed E-state index contributed by atoms with van der Waals surface area (Å²) in [4.78, 5) is 11.9. The predicted octanol–water partition coefficient (Wildman–Crippen LogP) is 5.19. The zero-order chi connectivity index (χ0) is 18.4. The summed E-state index contributed by atoms with van der Waals surface area (Å²) >= 11 is 0. The summed E-state index contributed by atoms with van der Waals surface area (Å²) in [6.45, 7) is 6.85. The first kappa shape index (κ1) is 16.1. The van der Waals surface area contributed by atoms with Gasteiger partial charge in [0.25, 0.3) is 0 Å². The highest BCUT2D eigenvalue weighted by Crippen LogP contribution is 2.40. The van der Waals surface area contributed by atoms with E-state index in [9.17, 15) is 0 Å². The van der Waals surface area contributed by atoms with Crippen LogP contribution in [0.2, 0.25) is 0 Å². The van der Waals surface area contributed by atoms with Crippen molar-refractivity contribution in [2.75, 3.05) is 18.0 Å². The number of ether oxygens (including phenoxy) is 1. The summed E-state index contributed by atoms with van der Waals surface area (Å²) in [6, 6.07) is 16.8. The van der Waals surface area contributed by atoms with Crippen molar-refractivity contribution in [3.8, 4) is 17.0 Å². The third kappa shape index (κ3) is 2.52. The maximum atomic E-state index is 6.11. The van der Waals surface area contributed by atoms with Gasteiger partial charge in [-0.3, -0.25) is 4.98 Å². The Morgan fingerprint density at radius 1 is 0.963 bits per heavy atom. The summed E-state index contributed by atoms with van der Waals surface area (Å²) in [7, 11) is 0. The number of hydrogen-bond acceptors (Lipinski definition) is 4. The SMILES string of the molecule is CCN(CC)c1ccc2c(c1)OCc1cc3c(cnc4ccccc43)nc1-2. The fourth-order valence-electron chi connectivity index (χ4n) is 3.94. The molecular weight excluding hydrogens is 334 g/mol. The van der Waals surface area contributed by atoms with Gasteiger partial charge in [0.2, 0.25) is 0 Å². The Bertz CT molecular complexity index is 1170. The Hall–Kier alpha value is -3.14. The standard InChI is InChI=1S/C23H21N3O/c1-3-26(4-2)16-9-10-18-22(12-16)27-14-15-11-19-17-7-5-6-8-20(17)24-13-21(19)25-23(15)18/h5-13H,3-4,14H2,1-2H3. The maximum Gasteiger partial charge on any atom is 0.131 e. The van der Waals surface area contributed by atoms with E-state index in [1.807, 2.05) is 24.4 Å². The second kappa shape index (κ2) is 6.23. The maximum absolute atomic E-state index is 6.11. The number of rotatable bonds is 3. The molecule has 27 heavy (non-hydrogen) atoms. The first-order chi connectivity index (χ1) is 13.3. The molecule has 0 saturated carbocycles. The number of hydrogen-bond donors (Lipinski definition) is 0. The van der Waals surface area contributed by atoms with Gasteiger partial charge in [-0.05, 0) is 38.1 Å². The van der Waals surface area contributed by atoms with Crippen LogP contribution >= 0.6 is 0 Å². The number of fused-ring (bicyclic) bond motifs is 6. The Labute approximate surface area is 158 Å². The molecule has 0 spiro atoms. The van der Waals surface area contributed by atoms with Crippen molar-refractivity contribution in [2.24, 2.45) is 0 Å². The van der Waals surface area contributed by atoms with Crippen molar-refractivity contribution in [1.82, 2.24) is 9.97 Å². The lowest BCUT2D eigenvalue weighted by Crippen LogP contribution is -2.22. The summed E-state index contributed by atoms with van der Waals surface area (Å²) in [5.41, 5.74) is 6.30. The summed E-state index contributed by atoms with van der Waals surface area (Å²) in [5, 5.41) is 2.26. The molecule has 0 amide bonds. The fourth-order valence-corrected chi connectivity index (χ4v) is 3.94. The quantitative estimate of drug-likeness (QED) is 0.474. The second-order valence-electron chi connectivity index (χ2n) is 6.85.